The highest BCUT2D eigenvalue weighted by Crippen LogP contribution is 2.09. The third kappa shape index (κ3) is 6.53. The molecular formula is C19H25N3O. The minimum atomic E-state index is 0.0457. The van der Waals surface area contributed by atoms with Crippen LogP contribution in [0.1, 0.15) is 11.1 Å². The molecule has 0 unspecified atom stereocenters. The van der Waals surface area contributed by atoms with Crippen molar-refractivity contribution in [2.75, 3.05) is 32.5 Å². The van der Waals surface area contributed by atoms with Gasteiger partial charge in [-0.3, -0.25) is 4.79 Å². The van der Waals surface area contributed by atoms with Gasteiger partial charge in [-0.15, -0.1) is 0 Å². The second kappa shape index (κ2) is 8.96. The Morgan fingerprint density at radius 3 is 2.30 bits per heavy atom. The van der Waals surface area contributed by atoms with Crippen LogP contribution in [0.3, 0.4) is 0 Å². The van der Waals surface area contributed by atoms with Crippen LogP contribution in [0.5, 0.6) is 0 Å². The van der Waals surface area contributed by atoms with E-state index in [0.29, 0.717) is 13.0 Å². The van der Waals surface area contributed by atoms with Gasteiger partial charge in [0.2, 0.25) is 5.91 Å². The molecule has 4 nitrogen and oxygen atoms in total. The molecule has 0 saturated heterocycles. The summed E-state index contributed by atoms with van der Waals surface area (Å²) in [4.78, 5) is 14.1. The maximum absolute atomic E-state index is 11.9. The fourth-order valence-corrected chi connectivity index (χ4v) is 2.21. The van der Waals surface area contributed by atoms with Crippen molar-refractivity contribution in [3.05, 3.63) is 65.7 Å². The summed E-state index contributed by atoms with van der Waals surface area (Å²) in [6.45, 7) is 2.47. The van der Waals surface area contributed by atoms with Crippen molar-refractivity contribution >= 4 is 11.6 Å². The van der Waals surface area contributed by atoms with Gasteiger partial charge in [-0.25, -0.2) is 0 Å². The fourth-order valence-electron chi connectivity index (χ4n) is 2.21. The molecule has 122 valence electrons. The molecule has 0 saturated carbocycles. The van der Waals surface area contributed by atoms with E-state index in [2.05, 4.69) is 29.6 Å². The SMILES string of the molecule is CN(C)CCNc1ccc(CNC(=O)Cc2ccccc2)cc1. The van der Waals surface area contributed by atoms with Crippen LogP contribution in [0.2, 0.25) is 0 Å². The summed E-state index contributed by atoms with van der Waals surface area (Å²) in [6, 6.07) is 18.0. The van der Waals surface area contributed by atoms with Gasteiger partial charge in [-0.05, 0) is 37.4 Å². The second-order valence-corrected chi connectivity index (χ2v) is 5.87. The number of nitrogens with zero attached hydrogens (tertiary/aromatic N) is 1. The minimum absolute atomic E-state index is 0.0457. The number of nitrogens with one attached hydrogen (secondary N) is 2. The minimum Gasteiger partial charge on any atom is -0.384 e. The molecular weight excluding hydrogens is 286 g/mol. The third-order valence-electron chi connectivity index (χ3n) is 3.54. The van der Waals surface area contributed by atoms with Gasteiger partial charge in [-0.1, -0.05) is 42.5 Å². The topological polar surface area (TPSA) is 44.4 Å². The second-order valence-electron chi connectivity index (χ2n) is 5.87. The quantitative estimate of drug-likeness (QED) is 0.787. The number of rotatable bonds is 8. The van der Waals surface area contributed by atoms with Crippen molar-refractivity contribution < 1.29 is 4.79 Å². The zero-order valence-corrected chi connectivity index (χ0v) is 13.9. The Morgan fingerprint density at radius 2 is 1.65 bits per heavy atom. The highest BCUT2D eigenvalue weighted by molar-refractivity contribution is 5.78. The van der Waals surface area contributed by atoms with E-state index in [9.17, 15) is 4.79 Å². The highest BCUT2D eigenvalue weighted by atomic mass is 16.1. The number of benzene rings is 2. The summed E-state index contributed by atoms with van der Waals surface area (Å²) < 4.78 is 0. The lowest BCUT2D eigenvalue weighted by Crippen LogP contribution is -2.24. The maximum Gasteiger partial charge on any atom is 0.224 e. The molecule has 0 spiro atoms. The molecule has 2 aromatic rings. The van der Waals surface area contributed by atoms with Crippen LogP contribution in [0.4, 0.5) is 5.69 Å². The molecule has 0 bridgehead atoms. The van der Waals surface area contributed by atoms with Gasteiger partial charge in [0.15, 0.2) is 0 Å². The van der Waals surface area contributed by atoms with Gasteiger partial charge in [0.1, 0.15) is 0 Å². The van der Waals surface area contributed by atoms with Crippen molar-refractivity contribution in [2.45, 2.75) is 13.0 Å². The van der Waals surface area contributed by atoms with E-state index in [4.69, 9.17) is 0 Å². The highest BCUT2D eigenvalue weighted by Gasteiger charge is 2.03. The van der Waals surface area contributed by atoms with Crippen LogP contribution in [0, 0.1) is 0 Å². The van der Waals surface area contributed by atoms with Gasteiger partial charge >= 0.3 is 0 Å². The summed E-state index contributed by atoms with van der Waals surface area (Å²) in [5, 5.41) is 6.33. The lowest BCUT2D eigenvalue weighted by Gasteiger charge is -2.12. The van der Waals surface area contributed by atoms with Gasteiger partial charge in [0, 0.05) is 25.3 Å². The van der Waals surface area contributed by atoms with E-state index in [-0.39, 0.29) is 5.91 Å². The average molecular weight is 311 g/mol. The zero-order valence-electron chi connectivity index (χ0n) is 13.9. The van der Waals surface area contributed by atoms with Crippen molar-refractivity contribution in [3.8, 4) is 0 Å². The van der Waals surface area contributed by atoms with Gasteiger partial charge in [0.05, 0.1) is 6.42 Å². The Balaban J connectivity index is 1.74. The van der Waals surface area contributed by atoms with Crippen LogP contribution >= 0.6 is 0 Å². The summed E-state index contributed by atoms with van der Waals surface area (Å²) in [7, 11) is 4.12. The Labute approximate surface area is 138 Å². The predicted molar refractivity (Wildman–Crippen MR) is 95.5 cm³/mol. The van der Waals surface area contributed by atoms with E-state index in [1.165, 1.54) is 0 Å². The first-order valence-corrected chi connectivity index (χ1v) is 7.91. The first kappa shape index (κ1) is 17.0. The van der Waals surface area contributed by atoms with Crippen LogP contribution in [0.15, 0.2) is 54.6 Å². The van der Waals surface area contributed by atoms with Crippen molar-refractivity contribution in [1.29, 1.82) is 0 Å². The molecule has 0 radical (unpaired) electrons. The number of carbonyl (C=O) groups excluding carboxylic acids is 1. The molecule has 0 aliphatic heterocycles. The number of amides is 1. The smallest absolute Gasteiger partial charge is 0.224 e. The summed E-state index contributed by atoms with van der Waals surface area (Å²) >= 11 is 0. The largest absolute Gasteiger partial charge is 0.384 e. The molecule has 0 fully saturated rings. The van der Waals surface area contributed by atoms with Crippen molar-refractivity contribution in [2.24, 2.45) is 0 Å². The number of likely N-dealkylation sites (N-methyl/N-ethyl adjacent to an activating group) is 1. The van der Waals surface area contributed by atoms with Crippen LogP contribution in [0.25, 0.3) is 0 Å². The lowest BCUT2D eigenvalue weighted by atomic mass is 10.1. The Kier molecular flexibility index (Phi) is 6.63. The van der Waals surface area contributed by atoms with E-state index in [1.54, 1.807) is 0 Å². The first-order valence-electron chi connectivity index (χ1n) is 7.91. The van der Waals surface area contributed by atoms with E-state index < -0.39 is 0 Å². The monoisotopic (exact) mass is 311 g/mol. The zero-order chi connectivity index (χ0) is 16.5. The van der Waals surface area contributed by atoms with Crippen LogP contribution < -0.4 is 10.6 Å². The molecule has 2 N–H and O–H groups in total. The first-order chi connectivity index (χ1) is 11.1. The summed E-state index contributed by atoms with van der Waals surface area (Å²) in [5.74, 6) is 0.0457. The van der Waals surface area contributed by atoms with Gasteiger partial charge in [-0.2, -0.15) is 0 Å². The number of hydrogen-bond donors (Lipinski definition) is 2. The van der Waals surface area contributed by atoms with Crippen molar-refractivity contribution in [3.63, 3.8) is 0 Å². The molecule has 0 aromatic heterocycles. The fraction of sp³-hybridized carbons (Fsp3) is 0.316. The van der Waals surface area contributed by atoms with E-state index in [0.717, 1.165) is 29.9 Å². The number of anilines is 1. The van der Waals surface area contributed by atoms with Gasteiger partial charge < -0.3 is 15.5 Å². The molecule has 4 heteroatoms. The van der Waals surface area contributed by atoms with Crippen molar-refractivity contribution in [1.82, 2.24) is 10.2 Å². The predicted octanol–water partition coefficient (Wildman–Crippen LogP) is 2.52. The number of carbonyl (C=O) groups is 1. The Hall–Kier alpha value is -2.33. The lowest BCUT2D eigenvalue weighted by molar-refractivity contribution is -0.120. The maximum atomic E-state index is 11.9. The third-order valence-corrected chi connectivity index (χ3v) is 3.54. The Bertz CT molecular complexity index is 594. The molecule has 0 atom stereocenters. The van der Waals surface area contributed by atoms with E-state index >= 15 is 0 Å². The van der Waals surface area contributed by atoms with Gasteiger partial charge in [0.25, 0.3) is 0 Å². The molecule has 2 rings (SSSR count). The standard InChI is InChI=1S/C19H25N3O/c1-22(2)13-12-20-18-10-8-17(9-11-18)15-21-19(23)14-16-6-4-3-5-7-16/h3-11,20H,12-15H2,1-2H3,(H,21,23). The number of hydrogen-bond acceptors (Lipinski definition) is 3. The molecule has 23 heavy (non-hydrogen) atoms. The van der Waals surface area contributed by atoms with E-state index in [1.807, 2.05) is 54.6 Å². The summed E-state index contributed by atoms with van der Waals surface area (Å²) in [5.41, 5.74) is 3.24. The normalized spacial score (nSPS) is 10.6. The molecule has 1 amide bonds. The molecule has 0 aliphatic carbocycles. The average Bonchev–Trinajstić information content (AvgIpc) is 2.55. The molecule has 0 aliphatic rings. The Morgan fingerprint density at radius 1 is 0.957 bits per heavy atom. The molecule has 2 aromatic carbocycles. The van der Waals surface area contributed by atoms with Crippen LogP contribution in [-0.2, 0) is 17.8 Å². The summed E-state index contributed by atoms with van der Waals surface area (Å²) in [6.07, 6.45) is 0.422. The van der Waals surface area contributed by atoms with Crippen LogP contribution in [-0.4, -0.2) is 38.0 Å². The molecule has 0 heterocycles.